The first-order valence-corrected chi connectivity index (χ1v) is 7.67. The number of carbonyl (C=O) groups excluding carboxylic acids is 3. The van der Waals surface area contributed by atoms with Gasteiger partial charge in [0.05, 0.1) is 12.2 Å². The first-order valence-electron chi connectivity index (χ1n) is 6.87. The third-order valence-corrected chi connectivity index (χ3v) is 3.89. The molecule has 0 aliphatic rings. The fourth-order valence-corrected chi connectivity index (χ4v) is 2.35. The summed E-state index contributed by atoms with van der Waals surface area (Å²) in [5.74, 6) is -0.805. The summed E-state index contributed by atoms with van der Waals surface area (Å²) >= 11 is 3.34. The maximum atomic E-state index is 12.2. The number of Topliss-reactive ketones (excluding diaryl/α,β-unsaturated/α-hetero) is 1. The highest BCUT2D eigenvalue weighted by Gasteiger charge is 2.17. The van der Waals surface area contributed by atoms with Crippen LogP contribution in [0.5, 0.6) is 0 Å². The molecule has 1 heterocycles. The fourth-order valence-electron chi connectivity index (χ4n) is 1.97. The third-order valence-electron chi connectivity index (χ3n) is 3.20. The van der Waals surface area contributed by atoms with E-state index in [-0.39, 0.29) is 29.8 Å². The van der Waals surface area contributed by atoms with E-state index in [1.165, 1.54) is 31.1 Å². The van der Waals surface area contributed by atoms with Gasteiger partial charge in [0.1, 0.15) is 5.69 Å². The summed E-state index contributed by atoms with van der Waals surface area (Å²) in [7, 11) is 1.52. The minimum absolute atomic E-state index is 0.103. The molecular formula is C16H16BrN3O3. The van der Waals surface area contributed by atoms with Crippen molar-refractivity contribution in [3.8, 4) is 0 Å². The smallest absolute Gasteiger partial charge is 0.270 e. The summed E-state index contributed by atoms with van der Waals surface area (Å²) in [4.78, 5) is 39.5. The van der Waals surface area contributed by atoms with E-state index in [0.717, 1.165) is 4.47 Å². The van der Waals surface area contributed by atoms with Gasteiger partial charge in [-0.3, -0.25) is 14.4 Å². The lowest BCUT2D eigenvalue weighted by Gasteiger charge is -2.16. The van der Waals surface area contributed by atoms with E-state index < -0.39 is 0 Å². The first kappa shape index (κ1) is 17.0. The summed E-state index contributed by atoms with van der Waals surface area (Å²) in [5, 5.41) is 2.73. The Bertz CT molecular complexity index is 755. The molecule has 23 heavy (non-hydrogen) atoms. The van der Waals surface area contributed by atoms with Crippen molar-refractivity contribution in [2.75, 3.05) is 18.9 Å². The number of rotatable bonds is 5. The lowest BCUT2D eigenvalue weighted by atomic mass is 10.2. The number of anilines is 1. The van der Waals surface area contributed by atoms with Crippen molar-refractivity contribution < 1.29 is 14.4 Å². The van der Waals surface area contributed by atoms with Crippen LogP contribution in [0.2, 0.25) is 0 Å². The van der Waals surface area contributed by atoms with Crippen LogP contribution in [-0.4, -0.2) is 41.1 Å². The van der Waals surface area contributed by atoms with Gasteiger partial charge in [-0.25, -0.2) is 0 Å². The summed E-state index contributed by atoms with van der Waals surface area (Å²) in [6, 6.07) is 8.69. The zero-order valence-electron chi connectivity index (χ0n) is 12.7. The molecule has 0 atom stereocenters. The largest absolute Gasteiger partial charge is 0.356 e. The topological polar surface area (TPSA) is 82.3 Å². The van der Waals surface area contributed by atoms with Crippen molar-refractivity contribution in [3.63, 3.8) is 0 Å². The van der Waals surface area contributed by atoms with Gasteiger partial charge in [0.15, 0.2) is 5.78 Å². The van der Waals surface area contributed by atoms with E-state index in [1.807, 2.05) is 12.1 Å². The summed E-state index contributed by atoms with van der Waals surface area (Å²) in [5.41, 5.74) is 1.34. The van der Waals surface area contributed by atoms with Crippen LogP contribution < -0.4 is 5.32 Å². The van der Waals surface area contributed by atoms with Crippen LogP contribution in [0, 0.1) is 0 Å². The maximum Gasteiger partial charge on any atom is 0.270 e. The van der Waals surface area contributed by atoms with Crippen molar-refractivity contribution >= 4 is 39.2 Å². The number of aromatic nitrogens is 1. The molecule has 0 spiro atoms. The molecule has 0 unspecified atom stereocenters. The SMILES string of the molecule is CC(=O)c1c[nH]c(C(=O)N(C)CC(=O)Nc2ccccc2Br)c1. The molecule has 6 nitrogen and oxygen atoms in total. The number of aromatic amines is 1. The van der Waals surface area contributed by atoms with Gasteiger partial charge >= 0.3 is 0 Å². The van der Waals surface area contributed by atoms with Crippen LogP contribution in [0.4, 0.5) is 5.69 Å². The Morgan fingerprint density at radius 3 is 2.57 bits per heavy atom. The van der Waals surface area contributed by atoms with E-state index >= 15 is 0 Å². The molecule has 2 amide bonds. The van der Waals surface area contributed by atoms with Gasteiger partial charge in [-0.15, -0.1) is 0 Å². The Morgan fingerprint density at radius 2 is 1.96 bits per heavy atom. The van der Waals surface area contributed by atoms with Gasteiger partial charge in [0.2, 0.25) is 5.91 Å². The number of para-hydroxylation sites is 1. The lowest BCUT2D eigenvalue weighted by Crippen LogP contribution is -2.35. The molecule has 0 radical (unpaired) electrons. The predicted molar refractivity (Wildman–Crippen MR) is 90.5 cm³/mol. The van der Waals surface area contributed by atoms with Gasteiger partial charge < -0.3 is 15.2 Å². The monoisotopic (exact) mass is 377 g/mol. The molecule has 0 bridgehead atoms. The average Bonchev–Trinajstić information content (AvgIpc) is 2.98. The Labute approximate surface area is 142 Å². The average molecular weight is 378 g/mol. The number of hydrogen-bond acceptors (Lipinski definition) is 3. The number of nitrogens with zero attached hydrogens (tertiary/aromatic N) is 1. The highest BCUT2D eigenvalue weighted by molar-refractivity contribution is 9.10. The molecule has 0 saturated carbocycles. The number of hydrogen-bond donors (Lipinski definition) is 2. The fraction of sp³-hybridized carbons (Fsp3) is 0.188. The Balaban J connectivity index is 1.98. The van der Waals surface area contributed by atoms with E-state index in [2.05, 4.69) is 26.2 Å². The number of likely N-dealkylation sites (N-methyl/N-ethyl adjacent to an activating group) is 1. The van der Waals surface area contributed by atoms with Crippen LogP contribution in [0.3, 0.4) is 0 Å². The van der Waals surface area contributed by atoms with Crippen molar-refractivity contribution in [3.05, 3.63) is 52.3 Å². The third kappa shape index (κ3) is 4.29. The number of H-pyrrole nitrogens is 1. The van der Waals surface area contributed by atoms with Crippen molar-refractivity contribution in [2.24, 2.45) is 0 Å². The molecule has 0 saturated heterocycles. The molecule has 2 N–H and O–H groups in total. The minimum atomic E-state index is -0.361. The molecular weight excluding hydrogens is 362 g/mol. The predicted octanol–water partition coefficient (Wildman–Crippen LogP) is 2.69. The van der Waals surface area contributed by atoms with Gasteiger partial charge in [-0.1, -0.05) is 12.1 Å². The number of ketones is 1. The van der Waals surface area contributed by atoms with Crippen LogP contribution in [0.15, 0.2) is 41.0 Å². The molecule has 2 rings (SSSR count). The maximum absolute atomic E-state index is 12.2. The van der Waals surface area contributed by atoms with Crippen LogP contribution in [0.1, 0.15) is 27.8 Å². The van der Waals surface area contributed by atoms with E-state index in [9.17, 15) is 14.4 Å². The van der Waals surface area contributed by atoms with E-state index in [0.29, 0.717) is 11.3 Å². The first-order chi connectivity index (χ1) is 10.9. The quantitative estimate of drug-likeness (QED) is 0.785. The molecule has 2 aromatic rings. The highest BCUT2D eigenvalue weighted by Crippen LogP contribution is 2.21. The van der Waals surface area contributed by atoms with Crippen LogP contribution in [-0.2, 0) is 4.79 Å². The van der Waals surface area contributed by atoms with Gasteiger partial charge in [-0.2, -0.15) is 0 Å². The number of amides is 2. The molecule has 0 aliphatic carbocycles. The van der Waals surface area contributed by atoms with E-state index in [1.54, 1.807) is 12.1 Å². The van der Waals surface area contributed by atoms with Gasteiger partial charge in [0.25, 0.3) is 5.91 Å². The lowest BCUT2D eigenvalue weighted by molar-refractivity contribution is -0.116. The highest BCUT2D eigenvalue weighted by atomic mass is 79.9. The molecule has 1 aromatic heterocycles. The van der Waals surface area contributed by atoms with Crippen LogP contribution >= 0.6 is 15.9 Å². The van der Waals surface area contributed by atoms with Gasteiger partial charge in [0, 0.05) is 23.3 Å². The second-order valence-electron chi connectivity index (χ2n) is 5.05. The summed E-state index contributed by atoms with van der Waals surface area (Å²) < 4.78 is 0.762. The molecule has 1 aromatic carbocycles. The van der Waals surface area contributed by atoms with Crippen molar-refractivity contribution in [1.29, 1.82) is 0 Å². The second kappa shape index (κ2) is 7.23. The number of halogens is 1. The molecule has 0 aliphatic heterocycles. The van der Waals surface area contributed by atoms with Crippen molar-refractivity contribution in [1.82, 2.24) is 9.88 Å². The Kier molecular flexibility index (Phi) is 5.33. The summed E-state index contributed by atoms with van der Waals surface area (Å²) in [6.45, 7) is 1.32. The summed E-state index contributed by atoms with van der Waals surface area (Å²) in [6.07, 6.45) is 1.48. The normalized spacial score (nSPS) is 10.2. The number of benzene rings is 1. The zero-order valence-corrected chi connectivity index (χ0v) is 14.3. The second-order valence-corrected chi connectivity index (χ2v) is 5.90. The number of carbonyl (C=O) groups is 3. The molecule has 120 valence electrons. The Morgan fingerprint density at radius 1 is 1.26 bits per heavy atom. The Hall–Kier alpha value is -2.41. The standard InChI is InChI=1S/C16H16BrN3O3/c1-10(21)11-7-14(18-8-11)16(23)20(2)9-15(22)19-13-6-4-3-5-12(13)17/h3-8,18H,9H2,1-2H3,(H,19,22). The van der Waals surface area contributed by atoms with Crippen molar-refractivity contribution in [2.45, 2.75) is 6.92 Å². The molecule has 7 heteroatoms. The van der Waals surface area contributed by atoms with Crippen LogP contribution in [0.25, 0.3) is 0 Å². The molecule has 0 fully saturated rings. The van der Waals surface area contributed by atoms with Gasteiger partial charge in [-0.05, 0) is 41.1 Å². The zero-order chi connectivity index (χ0) is 17.0. The number of nitrogens with one attached hydrogen (secondary N) is 2. The van der Waals surface area contributed by atoms with E-state index in [4.69, 9.17) is 0 Å². The minimum Gasteiger partial charge on any atom is -0.356 e.